The summed E-state index contributed by atoms with van der Waals surface area (Å²) in [5.74, 6) is 0.930. The summed E-state index contributed by atoms with van der Waals surface area (Å²) in [6.45, 7) is 5.28. The first-order valence-corrected chi connectivity index (χ1v) is 4.43. The Bertz CT molecular complexity index is 138. The number of ketones is 1. The van der Waals surface area contributed by atoms with Crippen LogP contribution in [0.3, 0.4) is 0 Å². The Kier molecular flexibility index (Phi) is 3.06. The third-order valence-corrected chi connectivity index (χ3v) is 2.04. The standard InChI is InChI=1S/C9H17NO/c1-7(2)5-9(11)6-8-3-4-10-8/h7-8,10H,3-6H2,1-2H3. The van der Waals surface area contributed by atoms with Crippen LogP contribution >= 0.6 is 0 Å². The summed E-state index contributed by atoms with van der Waals surface area (Å²) in [5, 5.41) is 3.23. The SMILES string of the molecule is CC(C)CC(=O)CC1CCN1. The van der Waals surface area contributed by atoms with Crippen molar-refractivity contribution in [3.8, 4) is 0 Å². The van der Waals surface area contributed by atoms with Crippen LogP contribution in [0, 0.1) is 5.92 Å². The summed E-state index contributed by atoms with van der Waals surface area (Å²) < 4.78 is 0. The molecule has 0 radical (unpaired) electrons. The summed E-state index contributed by atoms with van der Waals surface area (Å²) in [4.78, 5) is 11.2. The second kappa shape index (κ2) is 3.86. The van der Waals surface area contributed by atoms with Gasteiger partial charge in [0.25, 0.3) is 0 Å². The monoisotopic (exact) mass is 155 g/mol. The molecule has 1 aliphatic rings. The van der Waals surface area contributed by atoms with E-state index in [4.69, 9.17) is 0 Å². The molecule has 64 valence electrons. The Morgan fingerprint density at radius 3 is 2.64 bits per heavy atom. The van der Waals surface area contributed by atoms with Crippen LogP contribution in [0.4, 0.5) is 0 Å². The molecule has 0 aromatic heterocycles. The van der Waals surface area contributed by atoms with Crippen LogP contribution in [0.5, 0.6) is 0 Å². The molecule has 2 nitrogen and oxygen atoms in total. The van der Waals surface area contributed by atoms with E-state index in [-0.39, 0.29) is 0 Å². The highest BCUT2D eigenvalue weighted by Gasteiger charge is 2.19. The number of nitrogens with one attached hydrogen (secondary N) is 1. The van der Waals surface area contributed by atoms with Gasteiger partial charge in [0, 0.05) is 18.9 Å². The fraction of sp³-hybridized carbons (Fsp3) is 0.889. The van der Waals surface area contributed by atoms with E-state index >= 15 is 0 Å². The van der Waals surface area contributed by atoms with Gasteiger partial charge in [0.2, 0.25) is 0 Å². The van der Waals surface area contributed by atoms with Gasteiger partial charge in [-0.05, 0) is 18.9 Å². The van der Waals surface area contributed by atoms with Crippen molar-refractivity contribution in [3.05, 3.63) is 0 Å². The molecule has 0 amide bonds. The maximum Gasteiger partial charge on any atom is 0.134 e. The normalized spacial score (nSPS) is 23.4. The Labute approximate surface area is 68.4 Å². The maximum atomic E-state index is 11.2. The number of rotatable bonds is 4. The number of hydrogen-bond donors (Lipinski definition) is 1. The number of Topliss-reactive ketones (excluding diaryl/α,β-unsaturated/α-hetero) is 1. The Hall–Kier alpha value is -0.370. The van der Waals surface area contributed by atoms with E-state index in [1.165, 1.54) is 6.42 Å². The minimum Gasteiger partial charge on any atom is -0.313 e. The molecule has 1 saturated heterocycles. The van der Waals surface area contributed by atoms with Crippen molar-refractivity contribution in [2.45, 2.75) is 39.2 Å². The van der Waals surface area contributed by atoms with Crippen LogP contribution in [-0.2, 0) is 4.79 Å². The predicted octanol–water partition coefficient (Wildman–Crippen LogP) is 1.35. The number of hydrogen-bond acceptors (Lipinski definition) is 2. The molecule has 0 aromatic carbocycles. The summed E-state index contributed by atoms with van der Waals surface area (Å²) in [7, 11) is 0. The molecule has 1 fully saturated rings. The quantitative estimate of drug-likeness (QED) is 0.664. The van der Waals surface area contributed by atoms with Crippen LogP contribution in [-0.4, -0.2) is 18.4 Å². The highest BCUT2D eigenvalue weighted by atomic mass is 16.1. The predicted molar refractivity (Wildman–Crippen MR) is 45.5 cm³/mol. The minimum atomic E-state index is 0.414. The van der Waals surface area contributed by atoms with E-state index in [0.717, 1.165) is 19.4 Å². The van der Waals surface area contributed by atoms with Crippen molar-refractivity contribution < 1.29 is 4.79 Å². The van der Waals surface area contributed by atoms with Gasteiger partial charge in [-0.3, -0.25) is 4.79 Å². The molecule has 1 unspecified atom stereocenters. The number of carbonyl (C=O) groups excluding carboxylic acids is 1. The molecule has 0 aromatic rings. The second-order valence-corrected chi connectivity index (χ2v) is 3.78. The molecule has 0 spiro atoms. The minimum absolute atomic E-state index is 0.414. The molecule has 0 bridgehead atoms. The van der Waals surface area contributed by atoms with E-state index in [9.17, 15) is 4.79 Å². The average Bonchev–Trinajstić information content (AvgIpc) is 1.77. The van der Waals surface area contributed by atoms with E-state index in [2.05, 4.69) is 19.2 Å². The van der Waals surface area contributed by atoms with Crippen molar-refractivity contribution in [3.63, 3.8) is 0 Å². The van der Waals surface area contributed by atoms with Crippen LogP contribution in [0.2, 0.25) is 0 Å². The first kappa shape index (κ1) is 8.72. The fourth-order valence-corrected chi connectivity index (χ4v) is 1.34. The molecular weight excluding hydrogens is 138 g/mol. The summed E-state index contributed by atoms with van der Waals surface area (Å²) in [5.41, 5.74) is 0. The van der Waals surface area contributed by atoms with Gasteiger partial charge < -0.3 is 5.32 Å². The third-order valence-electron chi connectivity index (χ3n) is 2.04. The second-order valence-electron chi connectivity index (χ2n) is 3.78. The lowest BCUT2D eigenvalue weighted by Crippen LogP contribution is -2.44. The van der Waals surface area contributed by atoms with Crippen LogP contribution < -0.4 is 5.32 Å². The molecule has 0 saturated carbocycles. The maximum absolute atomic E-state index is 11.2. The lowest BCUT2D eigenvalue weighted by Gasteiger charge is -2.26. The van der Waals surface area contributed by atoms with Gasteiger partial charge in [-0.1, -0.05) is 13.8 Å². The number of carbonyl (C=O) groups is 1. The average molecular weight is 155 g/mol. The van der Waals surface area contributed by atoms with Crippen molar-refractivity contribution in [1.29, 1.82) is 0 Å². The molecule has 1 N–H and O–H groups in total. The summed E-state index contributed by atoms with van der Waals surface area (Å²) in [6, 6.07) is 0.501. The van der Waals surface area contributed by atoms with E-state index in [1.54, 1.807) is 0 Å². The van der Waals surface area contributed by atoms with Gasteiger partial charge in [-0.25, -0.2) is 0 Å². The highest BCUT2D eigenvalue weighted by Crippen LogP contribution is 2.10. The molecule has 1 rings (SSSR count). The van der Waals surface area contributed by atoms with Crippen LogP contribution in [0.15, 0.2) is 0 Å². The van der Waals surface area contributed by atoms with Gasteiger partial charge in [0.05, 0.1) is 0 Å². The molecule has 11 heavy (non-hydrogen) atoms. The van der Waals surface area contributed by atoms with Gasteiger partial charge in [-0.15, -0.1) is 0 Å². The first-order valence-electron chi connectivity index (χ1n) is 4.43. The zero-order chi connectivity index (χ0) is 8.27. The third kappa shape index (κ3) is 3.02. The van der Waals surface area contributed by atoms with Gasteiger partial charge in [0.15, 0.2) is 0 Å². The summed E-state index contributed by atoms with van der Waals surface area (Å²) in [6.07, 6.45) is 2.68. The smallest absolute Gasteiger partial charge is 0.134 e. The Balaban J connectivity index is 2.09. The van der Waals surface area contributed by atoms with Crippen molar-refractivity contribution in [2.75, 3.05) is 6.54 Å². The van der Waals surface area contributed by atoms with Crippen molar-refractivity contribution in [2.24, 2.45) is 5.92 Å². The molecule has 1 heterocycles. The van der Waals surface area contributed by atoms with E-state index in [0.29, 0.717) is 17.7 Å². The van der Waals surface area contributed by atoms with E-state index < -0.39 is 0 Å². The molecule has 2 heteroatoms. The highest BCUT2D eigenvalue weighted by molar-refractivity contribution is 5.79. The lowest BCUT2D eigenvalue weighted by atomic mass is 9.96. The van der Waals surface area contributed by atoms with Gasteiger partial charge >= 0.3 is 0 Å². The lowest BCUT2D eigenvalue weighted by molar-refractivity contribution is -0.120. The van der Waals surface area contributed by atoms with Gasteiger partial charge in [-0.2, -0.15) is 0 Å². The molecule has 1 atom stereocenters. The van der Waals surface area contributed by atoms with E-state index in [1.807, 2.05) is 0 Å². The van der Waals surface area contributed by atoms with Crippen molar-refractivity contribution in [1.82, 2.24) is 5.32 Å². The molecule has 0 aliphatic carbocycles. The largest absolute Gasteiger partial charge is 0.313 e. The van der Waals surface area contributed by atoms with Crippen LogP contribution in [0.1, 0.15) is 33.1 Å². The van der Waals surface area contributed by atoms with Crippen LogP contribution in [0.25, 0.3) is 0 Å². The zero-order valence-electron chi connectivity index (χ0n) is 7.39. The first-order chi connectivity index (χ1) is 5.18. The Morgan fingerprint density at radius 1 is 1.64 bits per heavy atom. The topological polar surface area (TPSA) is 29.1 Å². The fourth-order valence-electron chi connectivity index (χ4n) is 1.34. The Morgan fingerprint density at radius 2 is 2.27 bits per heavy atom. The summed E-state index contributed by atoms with van der Waals surface area (Å²) >= 11 is 0. The zero-order valence-corrected chi connectivity index (χ0v) is 7.39. The molecule has 1 aliphatic heterocycles. The van der Waals surface area contributed by atoms with Crippen molar-refractivity contribution >= 4 is 5.78 Å². The molecular formula is C9H17NO. The van der Waals surface area contributed by atoms with Gasteiger partial charge in [0.1, 0.15) is 5.78 Å².